The number of para-hydroxylation sites is 1. The minimum absolute atomic E-state index is 0.276. The van der Waals surface area contributed by atoms with Crippen LogP contribution in [-0.4, -0.2) is 82.7 Å². The van der Waals surface area contributed by atoms with Crippen LogP contribution in [0.5, 0.6) is 0 Å². The monoisotopic (exact) mass is 529 g/mol. The number of alkyl halides is 1. The molecule has 11 heteroatoms. The van der Waals surface area contributed by atoms with Crippen molar-refractivity contribution in [2.75, 3.05) is 38.5 Å². The van der Waals surface area contributed by atoms with E-state index in [0.29, 0.717) is 5.02 Å². The maximum absolute atomic E-state index is 13.2. The number of nitrogens with zero attached hydrogens (tertiary/aromatic N) is 3. The number of carboxylic acids is 2. The normalized spacial score (nSPS) is 29.8. The quantitative estimate of drug-likeness (QED) is 0.466. The van der Waals surface area contributed by atoms with Gasteiger partial charge in [0.25, 0.3) is 0 Å². The standard InChI is InChI=1S/C18H19ClN4.C8H10FNO4/c1-22-8-10-23(11-9-22)18-14-4-2-3-5-15(14)20-16-7-6-13(19)12-17(16)21-18;9-2-1-8(10,7(13)14)5-3(2)4(5)6(11)12/h2-7,12,20H,8-11H2,1H3;2-5H,1,10H2,(H,11,12)(H,13,14)/t;2-,3+,4+,5+,8+/m.0/s1. The van der Waals surface area contributed by atoms with Gasteiger partial charge in [-0.3, -0.25) is 9.59 Å². The number of piperazine rings is 1. The molecule has 0 spiro atoms. The van der Waals surface area contributed by atoms with Gasteiger partial charge in [-0.05, 0) is 37.4 Å². The average molecular weight is 530 g/mol. The number of nitrogens with one attached hydrogen (secondary N) is 1. The van der Waals surface area contributed by atoms with Crippen molar-refractivity contribution < 1.29 is 24.2 Å². The second-order valence-corrected chi connectivity index (χ2v) is 10.5. The van der Waals surface area contributed by atoms with Crippen LogP contribution in [0.4, 0.5) is 21.5 Å². The van der Waals surface area contributed by atoms with Crippen LogP contribution in [0.2, 0.25) is 5.02 Å². The van der Waals surface area contributed by atoms with E-state index in [1.807, 2.05) is 24.3 Å². The molecule has 0 amide bonds. The lowest BCUT2D eigenvalue weighted by Gasteiger charge is -2.34. The van der Waals surface area contributed by atoms with Crippen molar-refractivity contribution in [1.29, 1.82) is 0 Å². The average Bonchev–Trinajstić information content (AvgIpc) is 3.59. The summed E-state index contributed by atoms with van der Waals surface area (Å²) >= 11 is 6.18. The first kappa shape index (κ1) is 25.4. The molecule has 196 valence electrons. The highest BCUT2D eigenvalue weighted by atomic mass is 35.5. The molecule has 9 nitrogen and oxygen atoms in total. The highest BCUT2D eigenvalue weighted by Crippen LogP contribution is 2.62. The van der Waals surface area contributed by atoms with Gasteiger partial charge in [0, 0.05) is 60.7 Å². The molecule has 3 fully saturated rings. The van der Waals surface area contributed by atoms with E-state index in [-0.39, 0.29) is 6.42 Å². The summed E-state index contributed by atoms with van der Waals surface area (Å²) in [5.41, 5.74) is 7.93. The maximum atomic E-state index is 13.2. The number of halogens is 2. The van der Waals surface area contributed by atoms with Crippen molar-refractivity contribution in [3.05, 3.63) is 53.1 Å². The fraction of sp³-hybridized carbons (Fsp3) is 0.423. The van der Waals surface area contributed by atoms with Crippen molar-refractivity contribution in [1.82, 2.24) is 9.80 Å². The molecule has 0 radical (unpaired) electrons. The van der Waals surface area contributed by atoms with Gasteiger partial charge in [0.2, 0.25) is 0 Å². The zero-order valence-corrected chi connectivity index (χ0v) is 21.0. The topological polar surface area (TPSA) is 131 Å². The Morgan fingerprint density at radius 1 is 1.14 bits per heavy atom. The van der Waals surface area contributed by atoms with Crippen LogP contribution in [0.15, 0.2) is 47.5 Å². The third kappa shape index (κ3) is 4.65. The van der Waals surface area contributed by atoms with Gasteiger partial charge in [0.05, 0.1) is 17.3 Å². The molecule has 37 heavy (non-hydrogen) atoms. The number of aliphatic carboxylic acids is 2. The largest absolute Gasteiger partial charge is 0.481 e. The van der Waals surface area contributed by atoms with Gasteiger partial charge in [-0.2, -0.15) is 0 Å². The Morgan fingerprint density at radius 2 is 1.84 bits per heavy atom. The summed E-state index contributed by atoms with van der Waals surface area (Å²) in [6.07, 6.45) is -1.68. The number of fused-ring (bicyclic) bond motifs is 3. The zero-order chi connectivity index (χ0) is 26.5. The van der Waals surface area contributed by atoms with Gasteiger partial charge in [0.1, 0.15) is 17.5 Å². The lowest BCUT2D eigenvalue weighted by Crippen LogP contribution is -2.50. The lowest BCUT2D eigenvalue weighted by atomic mass is 9.91. The van der Waals surface area contributed by atoms with Gasteiger partial charge in [-0.1, -0.05) is 23.7 Å². The Balaban J connectivity index is 0.000000171. The molecule has 0 bridgehead atoms. The molecule has 2 saturated carbocycles. The lowest BCUT2D eigenvalue weighted by molar-refractivity contribution is -0.145. The molecule has 2 aromatic rings. The minimum Gasteiger partial charge on any atom is -0.481 e. The van der Waals surface area contributed by atoms with E-state index in [2.05, 4.69) is 40.4 Å². The van der Waals surface area contributed by atoms with E-state index < -0.39 is 41.4 Å². The Kier molecular flexibility index (Phi) is 6.59. The Hall–Kier alpha value is -3.21. The van der Waals surface area contributed by atoms with E-state index in [1.165, 1.54) is 0 Å². The fourth-order valence-corrected chi connectivity index (χ4v) is 5.83. The summed E-state index contributed by atoms with van der Waals surface area (Å²) in [4.78, 5) is 31.1. The number of benzene rings is 2. The van der Waals surface area contributed by atoms with E-state index in [1.54, 1.807) is 0 Å². The van der Waals surface area contributed by atoms with Gasteiger partial charge in [-0.15, -0.1) is 0 Å². The molecular formula is C26H29ClFN5O4. The number of carbonyl (C=O) groups is 2. The molecule has 4 aliphatic rings. The van der Waals surface area contributed by atoms with E-state index in [0.717, 1.165) is 54.6 Å². The van der Waals surface area contributed by atoms with Crippen molar-refractivity contribution in [2.24, 2.45) is 28.5 Å². The second-order valence-electron chi connectivity index (χ2n) is 10.1. The van der Waals surface area contributed by atoms with E-state index in [4.69, 9.17) is 32.5 Å². The zero-order valence-electron chi connectivity index (χ0n) is 20.3. The van der Waals surface area contributed by atoms with Crippen molar-refractivity contribution in [3.63, 3.8) is 0 Å². The molecule has 2 aliphatic carbocycles. The summed E-state index contributed by atoms with van der Waals surface area (Å²) < 4.78 is 13.2. The summed E-state index contributed by atoms with van der Waals surface area (Å²) in [6.45, 7) is 4.08. The van der Waals surface area contributed by atoms with Crippen LogP contribution in [0.25, 0.3) is 0 Å². The number of nitrogens with two attached hydrogens (primary N) is 1. The van der Waals surface area contributed by atoms with Crippen LogP contribution < -0.4 is 11.1 Å². The van der Waals surface area contributed by atoms with Crippen LogP contribution in [0.3, 0.4) is 0 Å². The molecule has 0 aromatic heterocycles. The molecule has 2 heterocycles. The number of hydrogen-bond donors (Lipinski definition) is 4. The first-order valence-corrected chi connectivity index (χ1v) is 12.6. The number of aliphatic imine (C=N–C) groups is 1. The van der Waals surface area contributed by atoms with Crippen LogP contribution >= 0.6 is 11.6 Å². The number of carboxylic acid groups (broad SMARTS) is 2. The summed E-state index contributed by atoms with van der Waals surface area (Å²) in [5, 5.41) is 21.7. The van der Waals surface area contributed by atoms with Crippen LogP contribution in [0, 0.1) is 17.8 Å². The Labute approximate surface area is 218 Å². The maximum Gasteiger partial charge on any atom is 0.324 e. The second kappa shape index (κ2) is 9.59. The number of likely N-dealkylation sites (N-methyl/N-ethyl adjacent to an activating group) is 1. The molecule has 6 rings (SSSR count). The molecule has 5 atom stereocenters. The van der Waals surface area contributed by atoms with Crippen LogP contribution in [0.1, 0.15) is 12.0 Å². The summed E-state index contributed by atoms with van der Waals surface area (Å²) in [6, 6.07) is 14.2. The summed E-state index contributed by atoms with van der Waals surface area (Å²) in [7, 11) is 2.16. The highest BCUT2D eigenvalue weighted by Gasteiger charge is 2.74. The third-order valence-corrected chi connectivity index (χ3v) is 7.97. The molecule has 0 unspecified atom stereocenters. The Bertz CT molecular complexity index is 1270. The number of rotatable bonds is 2. The van der Waals surface area contributed by atoms with Gasteiger partial charge < -0.3 is 31.1 Å². The molecular weight excluding hydrogens is 501 g/mol. The third-order valence-electron chi connectivity index (χ3n) is 7.73. The first-order chi connectivity index (χ1) is 17.6. The molecule has 5 N–H and O–H groups in total. The smallest absolute Gasteiger partial charge is 0.324 e. The van der Waals surface area contributed by atoms with Crippen molar-refractivity contribution in [3.8, 4) is 0 Å². The van der Waals surface area contributed by atoms with Crippen molar-refractivity contribution >= 4 is 46.4 Å². The number of hydrogen-bond acceptors (Lipinski definition) is 7. The first-order valence-electron chi connectivity index (χ1n) is 12.2. The number of anilines is 2. The fourth-order valence-electron chi connectivity index (χ4n) is 5.66. The molecule has 2 aliphatic heterocycles. The number of amidine groups is 1. The van der Waals surface area contributed by atoms with Gasteiger partial charge in [0.15, 0.2) is 0 Å². The van der Waals surface area contributed by atoms with Crippen LogP contribution in [-0.2, 0) is 9.59 Å². The van der Waals surface area contributed by atoms with Gasteiger partial charge in [-0.25, -0.2) is 9.38 Å². The SMILES string of the molecule is CN1CCN(C2=Nc3cc(Cl)ccc3Nc3ccccc32)CC1.N[C@]1(C(=O)O)C[C@H](F)[C@@H]2[C@@H](C(=O)O)[C@@H]21. The highest BCUT2D eigenvalue weighted by molar-refractivity contribution is 6.31. The summed E-state index contributed by atoms with van der Waals surface area (Å²) in [5.74, 6) is -3.79. The Morgan fingerprint density at radius 3 is 2.49 bits per heavy atom. The van der Waals surface area contributed by atoms with E-state index >= 15 is 0 Å². The van der Waals surface area contributed by atoms with E-state index in [9.17, 15) is 14.0 Å². The predicted octanol–water partition coefficient (Wildman–Crippen LogP) is 3.18. The molecule has 2 aromatic carbocycles. The minimum atomic E-state index is -1.69. The molecule has 1 saturated heterocycles. The van der Waals surface area contributed by atoms with Crippen molar-refractivity contribution in [2.45, 2.75) is 18.1 Å². The van der Waals surface area contributed by atoms with Gasteiger partial charge >= 0.3 is 11.9 Å². The predicted molar refractivity (Wildman–Crippen MR) is 139 cm³/mol.